The second kappa shape index (κ2) is 8.39. The third-order valence-electron chi connectivity index (χ3n) is 4.35. The fourth-order valence-corrected chi connectivity index (χ4v) is 3.55. The first-order valence-electron chi connectivity index (χ1n) is 8.52. The van der Waals surface area contributed by atoms with Gasteiger partial charge in [-0.25, -0.2) is 0 Å². The number of carbonyl (C=O) groups is 1. The average molecular weight is 404 g/mol. The Labute approximate surface area is 156 Å². The zero-order valence-electron chi connectivity index (χ0n) is 14.3. The predicted molar refractivity (Wildman–Crippen MR) is 101 cm³/mol. The van der Waals surface area contributed by atoms with Gasteiger partial charge in [0, 0.05) is 18.7 Å². The Bertz CT molecular complexity index is 727. The van der Waals surface area contributed by atoms with E-state index in [0.29, 0.717) is 23.7 Å². The van der Waals surface area contributed by atoms with Gasteiger partial charge in [0.1, 0.15) is 6.61 Å². The van der Waals surface area contributed by atoms with Crippen LogP contribution in [0.4, 0.5) is 0 Å². The number of rotatable bonds is 5. The van der Waals surface area contributed by atoms with Crippen molar-refractivity contribution in [3.05, 3.63) is 58.1 Å². The van der Waals surface area contributed by atoms with Crippen molar-refractivity contribution in [1.29, 1.82) is 0 Å². The minimum Gasteiger partial charge on any atom is -0.493 e. The lowest BCUT2D eigenvalue weighted by molar-refractivity contribution is 0.0724. The van der Waals surface area contributed by atoms with Crippen molar-refractivity contribution >= 4 is 21.8 Å². The minimum absolute atomic E-state index is 0.0494. The molecule has 0 atom stereocenters. The molecule has 1 saturated heterocycles. The van der Waals surface area contributed by atoms with Crippen LogP contribution >= 0.6 is 15.9 Å². The van der Waals surface area contributed by atoms with Gasteiger partial charge in [0.2, 0.25) is 0 Å². The Balaban J connectivity index is 1.79. The van der Waals surface area contributed by atoms with Crippen LogP contribution in [0.25, 0.3) is 0 Å². The largest absolute Gasteiger partial charge is 0.493 e. The summed E-state index contributed by atoms with van der Waals surface area (Å²) in [5.41, 5.74) is 1.70. The summed E-state index contributed by atoms with van der Waals surface area (Å²) < 4.78 is 12.1. The molecule has 0 saturated carbocycles. The van der Waals surface area contributed by atoms with Crippen molar-refractivity contribution < 1.29 is 14.3 Å². The van der Waals surface area contributed by atoms with Crippen LogP contribution in [0.3, 0.4) is 0 Å². The molecule has 132 valence electrons. The average Bonchev–Trinajstić information content (AvgIpc) is 2.67. The highest BCUT2D eigenvalue weighted by atomic mass is 79.9. The van der Waals surface area contributed by atoms with Crippen molar-refractivity contribution in [2.75, 3.05) is 20.2 Å². The fraction of sp³-hybridized carbons (Fsp3) is 0.350. The maximum absolute atomic E-state index is 12.7. The molecule has 4 nitrogen and oxygen atoms in total. The van der Waals surface area contributed by atoms with E-state index in [2.05, 4.69) is 15.9 Å². The third-order valence-corrected chi connectivity index (χ3v) is 4.93. The molecule has 0 N–H and O–H groups in total. The molecule has 1 heterocycles. The van der Waals surface area contributed by atoms with E-state index in [9.17, 15) is 4.79 Å². The summed E-state index contributed by atoms with van der Waals surface area (Å²) in [7, 11) is 1.59. The van der Waals surface area contributed by atoms with Crippen molar-refractivity contribution in [2.24, 2.45) is 0 Å². The molecule has 3 rings (SSSR count). The van der Waals surface area contributed by atoms with Crippen LogP contribution in [0.1, 0.15) is 35.2 Å². The number of hydrogen-bond acceptors (Lipinski definition) is 3. The van der Waals surface area contributed by atoms with Gasteiger partial charge in [-0.2, -0.15) is 0 Å². The molecule has 0 aliphatic carbocycles. The van der Waals surface area contributed by atoms with Gasteiger partial charge in [-0.1, -0.05) is 30.3 Å². The van der Waals surface area contributed by atoms with E-state index in [0.717, 1.165) is 36.0 Å². The van der Waals surface area contributed by atoms with E-state index < -0.39 is 0 Å². The maximum atomic E-state index is 12.7. The standard InChI is InChI=1S/C20H22BrNO3/c1-24-18-13-16(20(23)22-10-6-3-7-11-22)12-17(21)19(18)25-14-15-8-4-2-5-9-15/h2,4-5,8-9,12-13H,3,6-7,10-11,14H2,1H3. The third kappa shape index (κ3) is 4.34. The first-order valence-corrected chi connectivity index (χ1v) is 9.32. The second-order valence-corrected chi connectivity index (χ2v) is 6.97. The summed E-state index contributed by atoms with van der Waals surface area (Å²) in [6, 6.07) is 13.5. The number of nitrogens with zero attached hydrogens (tertiary/aromatic N) is 1. The lowest BCUT2D eigenvalue weighted by atomic mass is 10.1. The van der Waals surface area contributed by atoms with E-state index in [1.807, 2.05) is 41.3 Å². The molecule has 0 unspecified atom stereocenters. The summed E-state index contributed by atoms with van der Waals surface area (Å²) in [6.45, 7) is 2.09. The van der Waals surface area contributed by atoms with Crippen LogP contribution in [0, 0.1) is 0 Å². The van der Waals surface area contributed by atoms with Crippen LogP contribution in [0.15, 0.2) is 46.9 Å². The number of likely N-dealkylation sites (tertiary alicyclic amines) is 1. The number of piperidine rings is 1. The highest BCUT2D eigenvalue weighted by Crippen LogP contribution is 2.37. The van der Waals surface area contributed by atoms with Crippen LogP contribution in [0.5, 0.6) is 11.5 Å². The number of carbonyl (C=O) groups excluding carboxylic acids is 1. The first kappa shape index (κ1) is 17.8. The zero-order valence-corrected chi connectivity index (χ0v) is 15.9. The number of hydrogen-bond donors (Lipinski definition) is 0. The SMILES string of the molecule is COc1cc(C(=O)N2CCCCC2)cc(Br)c1OCc1ccccc1. The molecule has 2 aromatic rings. The van der Waals surface area contributed by atoms with Crippen LogP contribution in [-0.2, 0) is 6.61 Å². The second-order valence-electron chi connectivity index (χ2n) is 6.12. The van der Waals surface area contributed by atoms with Crippen molar-refractivity contribution in [3.8, 4) is 11.5 Å². The highest BCUT2D eigenvalue weighted by Gasteiger charge is 2.21. The van der Waals surface area contributed by atoms with Crippen LogP contribution in [-0.4, -0.2) is 31.0 Å². The topological polar surface area (TPSA) is 38.8 Å². The monoisotopic (exact) mass is 403 g/mol. The van der Waals surface area contributed by atoms with E-state index in [1.54, 1.807) is 13.2 Å². The van der Waals surface area contributed by atoms with Crippen molar-refractivity contribution in [2.45, 2.75) is 25.9 Å². The molecule has 0 radical (unpaired) electrons. The Morgan fingerprint density at radius 1 is 1.12 bits per heavy atom. The summed E-state index contributed by atoms with van der Waals surface area (Å²) in [6.07, 6.45) is 3.34. The molecule has 0 bridgehead atoms. The molecule has 1 amide bonds. The van der Waals surface area contributed by atoms with E-state index in [1.165, 1.54) is 6.42 Å². The highest BCUT2D eigenvalue weighted by molar-refractivity contribution is 9.10. The van der Waals surface area contributed by atoms with Crippen LogP contribution < -0.4 is 9.47 Å². The van der Waals surface area contributed by atoms with Crippen molar-refractivity contribution in [3.63, 3.8) is 0 Å². The number of amides is 1. The van der Waals surface area contributed by atoms with Gasteiger partial charge >= 0.3 is 0 Å². The van der Waals surface area contributed by atoms with Gasteiger partial charge in [-0.15, -0.1) is 0 Å². The Hall–Kier alpha value is -2.01. The lowest BCUT2D eigenvalue weighted by Gasteiger charge is -2.27. The molecule has 25 heavy (non-hydrogen) atoms. The zero-order chi connectivity index (χ0) is 17.6. The van der Waals surface area contributed by atoms with E-state index in [-0.39, 0.29) is 5.91 Å². The number of methoxy groups -OCH3 is 1. The molecule has 5 heteroatoms. The Morgan fingerprint density at radius 2 is 1.84 bits per heavy atom. The van der Waals surface area contributed by atoms with Gasteiger partial charge in [0.15, 0.2) is 11.5 Å². The summed E-state index contributed by atoms with van der Waals surface area (Å²) >= 11 is 3.53. The fourth-order valence-electron chi connectivity index (χ4n) is 2.99. The molecule has 1 aliphatic rings. The van der Waals surface area contributed by atoms with Gasteiger partial charge in [-0.05, 0) is 52.9 Å². The molecule has 1 aliphatic heterocycles. The molecule has 1 fully saturated rings. The summed E-state index contributed by atoms with van der Waals surface area (Å²) in [5, 5.41) is 0. The quantitative estimate of drug-likeness (QED) is 0.728. The Kier molecular flexibility index (Phi) is 5.97. The lowest BCUT2D eigenvalue weighted by Crippen LogP contribution is -2.35. The van der Waals surface area contributed by atoms with Gasteiger partial charge in [0.25, 0.3) is 5.91 Å². The summed E-state index contributed by atoms with van der Waals surface area (Å²) in [4.78, 5) is 14.6. The number of halogens is 1. The molecular weight excluding hydrogens is 382 g/mol. The van der Waals surface area contributed by atoms with Crippen LogP contribution in [0.2, 0.25) is 0 Å². The van der Waals surface area contributed by atoms with E-state index >= 15 is 0 Å². The van der Waals surface area contributed by atoms with Gasteiger partial charge in [-0.3, -0.25) is 4.79 Å². The number of ether oxygens (including phenoxy) is 2. The summed E-state index contributed by atoms with van der Waals surface area (Å²) in [5.74, 6) is 1.22. The molecular formula is C20H22BrNO3. The van der Waals surface area contributed by atoms with E-state index in [4.69, 9.17) is 9.47 Å². The molecule has 0 spiro atoms. The normalized spacial score (nSPS) is 14.2. The first-order chi connectivity index (χ1) is 12.2. The van der Waals surface area contributed by atoms with Gasteiger partial charge < -0.3 is 14.4 Å². The molecule has 0 aromatic heterocycles. The smallest absolute Gasteiger partial charge is 0.254 e. The minimum atomic E-state index is 0.0494. The van der Waals surface area contributed by atoms with Gasteiger partial charge in [0.05, 0.1) is 11.6 Å². The number of benzene rings is 2. The maximum Gasteiger partial charge on any atom is 0.254 e. The predicted octanol–water partition coefficient (Wildman–Crippen LogP) is 4.66. The Morgan fingerprint density at radius 3 is 2.52 bits per heavy atom. The molecule has 2 aromatic carbocycles. The van der Waals surface area contributed by atoms with Crippen molar-refractivity contribution in [1.82, 2.24) is 4.90 Å².